The maximum Gasteiger partial charge on any atom is 0.225 e. The van der Waals surface area contributed by atoms with Crippen molar-refractivity contribution in [1.82, 2.24) is 5.32 Å². The summed E-state index contributed by atoms with van der Waals surface area (Å²) >= 11 is 3.45. The molecule has 0 aliphatic rings. The van der Waals surface area contributed by atoms with Gasteiger partial charge in [0, 0.05) is 16.8 Å². The van der Waals surface area contributed by atoms with Crippen molar-refractivity contribution in [3.8, 4) is 0 Å². The number of hydrogen-bond acceptors (Lipinski definition) is 1. The Balaban J connectivity index is 4.24. The average molecular weight is 278 g/mol. The lowest BCUT2D eigenvalue weighted by molar-refractivity contribution is -0.130. The third-order valence-electron chi connectivity index (χ3n) is 2.78. The Bertz CT molecular complexity index is 202. The van der Waals surface area contributed by atoms with E-state index in [9.17, 15) is 4.79 Å². The number of rotatable bonds is 6. The number of carbonyl (C=O) groups is 1. The van der Waals surface area contributed by atoms with E-state index in [-0.39, 0.29) is 17.4 Å². The predicted octanol–water partition coefficient (Wildman–Crippen LogP) is 3.35. The second-order valence-corrected chi connectivity index (χ2v) is 5.84. The van der Waals surface area contributed by atoms with Crippen molar-refractivity contribution in [2.45, 2.75) is 53.5 Å². The van der Waals surface area contributed by atoms with Crippen molar-refractivity contribution in [1.29, 1.82) is 0 Å². The van der Waals surface area contributed by atoms with E-state index in [1.165, 1.54) is 0 Å². The van der Waals surface area contributed by atoms with Crippen LogP contribution in [0.15, 0.2) is 0 Å². The molecule has 1 amide bonds. The fourth-order valence-corrected chi connectivity index (χ4v) is 1.70. The Labute approximate surface area is 102 Å². The highest BCUT2D eigenvalue weighted by Gasteiger charge is 2.27. The second kappa shape index (κ2) is 6.51. The summed E-state index contributed by atoms with van der Waals surface area (Å²) in [7, 11) is 0. The zero-order valence-corrected chi connectivity index (χ0v) is 12.1. The molecule has 15 heavy (non-hydrogen) atoms. The van der Waals surface area contributed by atoms with E-state index in [4.69, 9.17) is 0 Å². The van der Waals surface area contributed by atoms with Crippen molar-refractivity contribution >= 4 is 21.8 Å². The highest BCUT2D eigenvalue weighted by Crippen LogP contribution is 2.20. The van der Waals surface area contributed by atoms with Crippen LogP contribution in [0.4, 0.5) is 0 Å². The van der Waals surface area contributed by atoms with E-state index in [0.29, 0.717) is 5.92 Å². The number of carbonyl (C=O) groups excluding carboxylic acids is 1. The molecule has 90 valence electrons. The summed E-state index contributed by atoms with van der Waals surface area (Å²) in [6.45, 7) is 10.4. The van der Waals surface area contributed by atoms with Crippen LogP contribution in [0, 0.1) is 11.3 Å². The van der Waals surface area contributed by atoms with E-state index < -0.39 is 0 Å². The molecule has 2 nitrogen and oxygen atoms in total. The molecular weight excluding hydrogens is 254 g/mol. The molecular formula is C12H24BrNO. The van der Waals surface area contributed by atoms with Gasteiger partial charge in [0.1, 0.15) is 0 Å². The van der Waals surface area contributed by atoms with Crippen molar-refractivity contribution in [2.75, 3.05) is 5.33 Å². The van der Waals surface area contributed by atoms with Gasteiger partial charge in [-0.2, -0.15) is 0 Å². The molecule has 0 saturated carbocycles. The van der Waals surface area contributed by atoms with Gasteiger partial charge in [-0.1, -0.05) is 50.5 Å². The molecule has 0 aromatic rings. The smallest absolute Gasteiger partial charge is 0.225 e. The lowest BCUT2D eigenvalue weighted by Crippen LogP contribution is -2.44. The van der Waals surface area contributed by atoms with Crippen LogP contribution >= 0.6 is 15.9 Å². The fraction of sp³-hybridized carbons (Fsp3) is 0.917. The topological polar surface area (TPSA) is 29.1 Å². The summed E-state index contributed by atoms with van der Waals surface area (Å²) in [4.78, 5) is 11.9. The number of alkyl halides is 1. The predicted molar refractivity (Wildman–Crippen MR) is 69.3 cm³/mol. The standard InChI is InChI=1S/C12H24BrNO/c1-6-12(4,5)11(15)14-10(8-13)7-9(2)3/h9-10H,6-8H2,1-5H3,(H,14,15). The van der Waals surface area contributed by atoms with Gasteiger partial charge >= 0.3 is 0 Å². The highest BCUT2D eigenvalue weighted by atomic mass is 79.9. The summed E-state index contributed by atoms with van der Waals surface area (Å²) in [6, 6.07) is 0.253. The van der Waals surface area contributed by atoms with E-state index >= 15 is 0 Å². The van der Waals surface area contributed by atoms with Crippen LogP contribution in [0.1, 0.15) is 47.5 Å². The van der Waals surface area contributed by atoms with E-state index in [1.807, 2.05) is 20.8 Å². The molecule has 0 rings (SSSR count). The Morgan fingerprint density at radius 1 is 1.40 bits per heavy atom. The molecule has 1 N–H and O–H groups in total. The summed E-state index contributed by atoms with van der Waals surface area (Å²) < 4.78 is 0. The molecule has 0 heterocycles. The van der Waals surface area contributed by atoms with Gasteiger partial charge in [0.05, 0.1) is 0 Å². The van der Waals surface area contributed by atoms with Crippen LogP contribution in [-0.2, 0) is 4.79 Å². The number of hydrogen-bond donors (Lipinski definition) is 1. The quantitative estimate of drug-likeness (QED) is 0.742. The molecule has 0 bridgehead atoms. The van der Waals surface area contributed by atoms with Crippen LogP contribution < -0.4 is 5.32 Å². The van der Waals surface area contributed by atoms with E-state index in [1.54, 1.807) is 0 Å². The van der Waals surface area contributed by atoms with Gasteiger partial charge in [0.2, 0.25) is 5.91 Å². The molecule has 0 saturated heterocycles. The third kappa shape index (κ3) is 5.55. The molecule has 0 spiro atoms. The summed E-state index contributed by atoms with van der Waals surface area (Å²) in [5, 5.41) is 3.93. The molecule has 1 atom stereocenters. The van der Waals surface area contributed by atoms with Gasteiger partial charge in [-0.3, -0.25) is 4.79 Å². The minimum absolute atomic E-state index is 0.162. The minimum atomic E-state index is -0.253. The van der Waals surface area contributed by atoms with Gasteiger partial charge in [-0.25, -0.2) is 0 Å². The molecule has 3 heteroatoms. The Morgan fingerprint density at radius 2 is 1.93 bits per heavy atom. The largest absolute Gasteiger partial charge is 0.352 e. The summed E-state index contributed by atoms with van der Waals surface area (Å²) in [5.74, 6) is 0.771. The first-order chi connectivity index (χ1) is 6.83. The average Bonchev–Trinajstić information content (AvgIpc) is 2.15. The van der Waals surface area contributed by atoms with Crippen LogP contribution in [0.3, 0.4) is 0 Å². The van der Waals surface area contributed by atoms with E-state index in [2.05, 4.69) is 35.1 Å². The number of nitrogens with one attached hydrogen (secondary N) is 1. The Hall–Kier alpha value is -0.0500. The molecule has 0 aromatic heterocycles. The lowest BCUT2D eigenvalue weighted by Gasteiger charge is -2.26. The second-order valence-electron chi connectivity index (χ2n) is 5.19. The van der Waals surface area contributed by atoms with Crippen LogP contribution in [0.2, 0.25) is 0 Å². The van der Waals surface area contributed by atoms with Crippen molar-refractivity contribution in [3.63, 3.8) is 0 Å². The van der Waals surface area contributed by atoms with Gasteiger partial charge in [0.25, 0.3) is 0 Å². The van der Waals surface area contributed by atoms with Gasteiger partial charge in [0.15, 0.2) is 0 Å². The zero-order chi connectivity index (χ0) is 12.1. The Kier molecular flexibility index (Phi) is 6.49. The number of halogens is 1. The SMILES string of the molecule is CCC(C)(C)C(=O)NC(CBr)CC(C)C. The lowest BCUT2D eigenvalue weighted by atomic mass is 9.88. The van der Waals surface area contributed by atoms with Crippen LogP contribution in [0.5, 0.6) is 0 Å². The van der Waals surface area contributed by atoms with Gasteiger partial charge in [-0.15, -0.1) is 0 Å². The zero-order valence-electron chi connectivity index (χ0n) is 10.6. The summed E-state index contributed by atoms with van der Waals surface area (Å²) in [5.41, 5.74) is -0.253. The number of amides is 1. The first-order valence-electron chi connectivity index (χ1n) is 5.70. The van der Waals surface area contributed by atoms with Crippen molar-refractivity contribution in [2.24, 2.45) is 11.3 Å². The first kappa shape index (κ1) is 14.9. The van der Waals surface area contributed by atoms with Gasteiger partial charge in [-0.05, 0) is 18.8 Å². The Morgan fingerprint density at radius 3 is 2.27 bits per heavy atom. The van der Waals surface area contributed by atoms with Crippen molar-refractivity contribution in [3.05, 3.63) is 0 Å². The van der Waals surface area contributed by atoms with Crippen molar-refractivity contribution < 1.29 is 4.79 Å². The molecule has 0 aliphatic heterocycles. The summed E-state index contributed by atoms with van der Waals surface area (Å²) in [6.07, 6.45) is 1.90. The highest BCUT2D eigenvalue weighted by molar-refractivity contribution is 9.09. The fourth-order valence-electron chi connectivity index (χ4n) is 1.27. The maximum absolute atomic E-state index is 11.9. The maximum atomic E-state index is 11.9. The van der Waals surface area contributed by atoms with E-state index in [0.717, 1.165) is 18.2 Å². The molecule has 0 aromatic carbocycles. The van der Waals surface area contributed by atoms with Gasteiger partial charge < -0.3 is 5.32 Å². The third-order valence-corrected chi connectivity index (χ3v) is 3.56. The molecule has 0 radical (unpaired) electrons. The monoisotopic (exact) mass is 277 g/mol. The first-order valence-corrected chi connectivity index (χ1v) is 6.82. The van der Waals surface area contributed by atoms with Crippen LogP contribution in [-0.4, -0.2) is 17.3 Å². The molecule has 1 unspecified atom stereocenters. The normalized spacial score (nSPS) is 14.1. The minimum Gasteiger partial charge on any atom is -0.352 e. The molecule has 0 aliphatic carbocycles. The van der Waals surface area contributed by atoms with Crippen LogP contribution in [0.25, 0.3) is 0 Å². The molecule has 0 fully saturated rings.